The molecule has 0 atom stereocenters. The number of anilines is 1. The number of aryl methyl sites for hydroxylation is 2. The molecule has 0 fully saturated rings. The van der Waals surface area contributed by atoms with Gasteiger partial charge < -0.3 is 4.90 Å². The number of amides is 1. The standard InChI is InChI=1S/C22H17ClN2OS/c1-13-8-9-17-15(11-13)20-16(21(23)24-17)12-19(27-20)22(26)25-10-4-6-14-5-2-3-7-18(14)25/h2-3,5,7-9,11-12H,4,6,10H2,1H3. The van der Waals surface area contributed by atoms with Gasteiger partial charge in [-0.2, -0.15) is 0 Å². The Hall–Kier alpha value is -2.43. The molecule has 0 saturated heterocycles. The summed E-state index contributed by atoms with van der Waals surface area (Å²) in [6.45, 7) is 2.81. The first kappa shape index (κ1) is 16.7. The van der Waals surface area contributed by atoms with E-state index in [9.17, 15) is 4.79 Å². The molecule has 0 bridgehead atoms. The van der Waals surface area contributed by atoms with Crippen molar-refractivity contribution in [2.75, 3.05) is 11.4 Å². The van der Waals surface area contributed by atoms with Gasteiger partial charge in [-0.3, -0.25) is 4.79 Å². The summed E-state index contributed by atoms with van der Waals surface area (Å²) in [5.41, 5.74) is 4.29. The predicted octanol–water partition coefficient (Wildman–Crippen LogP) is 6.00. The number of para-hydroxylation sites is 1. The molecule has 3 heterocycles. The summed E-state index contributed by atoms with van der Waals surface area (Å²) in [6.07, 6.45) is 2.00. The van der Waals surface area contributed by atoms with E-state index in [1.165, 1.54) is 22.5 Å². The molecule has 1 aliphatic rings. The predicted molar refractivity (Wildman–Crippen MR) is 113 cm³/mol. The SMILES string of the molecule is Cc1ccc2nc(Cl)c3cc(C(=O)N4CCCc5ccccc54)sc3c2c1. The highest BCUT2D eigenvalue weighted by Gasteiger charge is 2.25. The molecular weight excluding hydrogens is 376 g/mol. The minimum Gasteiger partial charge on any atom is -0.307 e. The molecule has 4 aromatic rings. The van der Waals surface area contributed by atoms with E-state index >= 15 is 0 Å². The van der Waals surface area contributed by atoms with Crippen LogP contribution in [0.15, 0.2) is 48.5 Å². The average Bonchev–Trinajstić information content (AvgIpc) is 3.14. The van der Waals surface area contributed by atoms with Gasteiger partial charge in [-0.15, -0.1) is 11.3 Å². The number of nitrogens with zero attached hydrogens (tertiary/aromatic N) is 2. The Morgan fingerprint density at radius 2 is 2.00 bits per heavy atom. The van der Waals surface area contributed by atoms with Gasteiger partial charge in [-0.25, -0.2) is 4.98 Å². The normalized spacial score (nSPS) is 13.9. The van der Waals surface area contributed by atoms with Gasteiger partial charge in [0.2, 0.25) is 0 Å². The number of halogens is 1. The molecule has 0 unspecified atom stereocenters. The molecule has 2 aromatic carbocycles. The summed E-state index contributed by atoms with van der Waals surface area (Å²) >= 11 is 7.94. The molecule has 1 aliphatic heterocycles. The first-order valence-electron chi connectivity index (χ1n) is 9.01. The number of carbonyl (C=O) groups is 1. The van der Waals surface area contributed by atoms with E-state index in [2.05, 4.69) is 24.0 Å². The number of hydrogen-bond donors (Lipinski definition) is 0. The molecule has 134 valence electrons. The lowest BCUT2D eigenvalue weighted by Gasteiger charge is -2.29. The van der Waals surface area contributed by atoms with Crippen LogP contribution in [0.3, 0.4) is 0 Å². The van der Waals surface area contributed by atoms with Gasteiger partial charge in [0.25, 0.3) is 5.91 Å². The summed E-state index contributed by atoms with van der Waals surface area (Å²) in [5.74, 6) is 0.0419. The Balaban J connectivity index is 1.66. The third-order valence-corrected chi connectivity index (χ3v) is 6.58. The fourth-order valence-electron chi connectivity index (χ4n) is 3.82. The van der Waals surface area contributed by atoms with Crippen LogP contribution in [-0.4, -0.2) is 17.4 Å². The highest BCUT2D eigenvalue weighted by Crippen LogP contribution is 2.38. The lowest BCUT2D eigenvalue weighted by atomic mass is 10.0. The van der Waals surface area contributed by atoms with Gasteiger partial charge in [0.1, 0.15) is 5.15 Å². The number of pyridine rings is 1. The third kappa shape index (κ3) is 2.71. The molecular formula is C22H17ClN2OS. The van der Waals surface area contributed by atoms with Gasteiger partial charge in [-0.05, 0) is 49.6 Å². The van der Waals surface area contributed by atoms with E-state index in [-0.39, 0.29) is 5.91 Å². The smallest absolute Gasteiger partial charge is 0.268 e. The average molecular weight is 393 g/mol. The van der Waals surface area contributed by atoms with Crippen LogP contribution in [0.25, 0.3) is 21.0 Å². The molecule has 1 amide bonds. The van der Waals surface area contributed by atoms with Crippen molar-refractivity contribution >= 4 is 55.5 Å². The van der Waals surface area contributed by atoms with Crippen molar-refractivity contribution in [1.82, 2.24) is 4.98 Å². The van der Waals surface area contributed by atoms with Gasteiger partial charge in [0.15, 0.2) is 0 Å². The fraction of sp³-hybridized carbons (Fsp3) is 0.182. The first-order valence-corrected chi connectivity index (χ1v) is 10.2. The van der Waals surface area contributed by atoms with Crippen LogP contribution in [0, 0.1) is 6.92 Å². The summed E-state index contributed by atoms with van der Waals surface area (Å²) < 4.78 is 1.03. The molecule has 0 spiro atoms. The van der Waals surface area contributed by atoms with Crippen LogP contribution in [-0.2, 0) is 6.42 Å². The van der Waals surface area contributed by atoms with Crippen molar-refractivity contribution in [1.29, 1.82) is 0 Å². The first-order chi connectivity index (χ1) is 13.1. The Labute approximate surface area is 166 Å². The van der Waals surface area contributed by atoms with Crippen molar-refractivity contribution in [2.45, 2.75) is 19.8 Å². The summed E-state index contributed by atoms with van der Waals surface area (Å²) in [5, 5.41) is 2.36. The molecule has 0 aliphatic carbocycles. The number of thiophene rings is 1. The second-order valence-corrected chi connectivity index (χ2v) is 8.38. The fourth-order valence-corrected chi connectivity index (χ4v) is 5.25. The summed E-state index contributed by atoms with van der Waals surface area (Å²) in [6, 6.07) is 16.2. The summed E-state index contributed by atoms with van der Waals surface area (Å²) in [7, 11) is 0. The van der Waals surface area contributed by atoms with E-state index in [1.807, 2.05) is 41.3 Å². The van der Waals surface area contributed by atoms with Gasteiger partial charge in [0, 0.05) is 27.7 Å². The Kier molecular flexibility index (Phi) is 3.92. The van der Waals surface area contributed by atoms with Gasteiger partial charge in [-0.1, -0.05) is 41.4 Å². The molecule has 5 heteroatoms. The number of aromatic nitrogens is 1. The van der Waals surface area contributed by atoms with Crippen LogP contribution in [0.2, 0.25) is 5.15 Å². The van der Waals surface area contributed by atoms with Crippen molar-refractivity contribution in [2.24, 2.45) is 0 Å². The Morgan fingerprint density at radius 1 is 1.15 bits per heavy atom. The van der Waals surface area contributed by atoms with E-state index in [1.54, 1.807) is 0 Å². The molecule has 5 rings (SSSR count). The van der Waals surface area contributed by atoms with Crippen LogP contribution < -0.4 is 4.90 Å². The van der Waals surface area contributed by atoms with Crippen LogP contribution in [0.5, 0.6) is 0 Å². The largest absolute Gasteiger partial charge is 0.307 e. The molecule has 27 heavy (non-hydrogen) atoms. The van der Waals surface area contributed by atoms with Crippen molar-refractivity contribution in [3.05, 3.63) is 69.7 Å². The topological polar surface area (TPSA) is 33.2 Å². The van der Waals surface area contributed by atoms with Crippen molar-refractivity contribution in [3.63, 3.8) is 0 Å². The van der Waals surface area contributed by atoms with Crippen LogP contribution in [0.4, 0.5) is 5.69 Å². The number of fused-ring (bicyclic) bond motifs is 4. The summed E-state index contributed by atoms with van der Waals surface area (Å²) in [4.78, 5) is 20.4. The van der Waals surface area contributed by atoms with E-state index in [0.29, 0.717) is 10.0 Å². The maximum Gasteiger partial charge on any atom is 0.268 e. The van der Waals surface area contributed by atoms with Crippen LogP contribution >= 0.6 is 22.9 Å². The third-order valence-electron chi connectivity index (χ3n) is 5.14. The monoisotopic (exact) mass is 392 g/mol. The van der Waals surface area contributed by atoms with Gasteiger partial charge >= 0.3 is 0 Å². The minimum atomic E-state index is 0.0419. The number of carbonyl (C=O) groups excluding carboxylic acids is 1. The Bertz CT molecular complexity index is 1210. The van der Waals surface area contributed by atoms with E-state index in [4.69, 9.17) is 11.6 Å². The highest BCUT2D eigenvalue weighted by atomic mass is 35.5. The zero-order chi connectivity index (χ0) is 18.5. The molecule has 3 nitrogen and oxygen atoms in total. The molecule has 0 N–H and O–H groups in total. The highest BCUT2D eigenvalue weighted by molar-refractivity contribution is 7.22. The number of rotatable bonds is 1. The quantitative estimate of drug-likeness (QED) is 0.372. The maximum atomic E-state index is 13.3. The van der Waals surface area contributed by atoms with Crippen LogP contribution in [0.1, 0.15) is 27.2 Å². The van der Waals surface area contributed by atoms with Gasteiger partial charge in [0.05, 0.1) is 10.4 Å². The minimum absolute atomic E-state index is 0.0419. The number of benzene rings is 2. The number of hydrogen-bond acceptors (Lipinski definition) is 3. The second-order valence-electron chi connectivity index (χ2n) is 6.97. The lowest BCUT2D eigenvalue weighted by molar-refractivity contribution is 0.0989. The molecule has 0 radical (unpaired) electrons. The van der Waals surface area contributed by atoms with E-state index in [0.717, 1.165) is 46.1 Å². The zero-order valence-electron chi connectivity index (χ0n) is 14.8. The van der Waals surface area contributed by atoms with Crippen molar-refractivity contribution in [3.8, 4) is 0 Å². The van der Waals surface area contributed by atoms with Crippen molar-refractivity contribution < 1.29 is 4.79 Å². The van der Waals surface area contributed by atoms with E-state index < -0.39 is 0 Å². The zero-order valence-corrected chi connectivity index (χ0v) is 16.4. The molecule has 2 aromatic heterocycles. The second kappa shape index (κ2) is 6.32. The maximum absolute atomic E-state index is 13.3. The lowest BCUT2D eigenvalue weighted by Crippen LogP contribution is -2.34. The Morgan fingerprint density at radius 3 is 2.89 bits per heavy atom. The molecule has 0 saturated carbocycles.